The van der Waals surface area contributed by atoms with E-state index in [2.05, 4.69) is 29.2 Å². The van der Waals surface area contributed by atoms with E-state index in [1.807, 2.05) is 78.9 Å². The molecule has 5 nitrogen and oxygen atoms in total. The maximum atomic E-state index is 13.1. The second-order valence-electron chi connectivity index (χ2n) is 7.68. The van der Waals surface area contributed by atoms with Crippen molar-refractivity contribution in [1.29, 1.82) is 0 Å². The van der Waals surface area contributed by atoms with Crippen molar-refractivity contribution >= 4 is 68.6 Å². The average molecular weight is 630 g/mol. The highest BCUT2D eigenvalue weighted by Crippen LogP contribution is 2.38. The summed E-state index contributed by atoms with van der Waals surface area (Å²) in [7, 11) is 1.60. The van der Waals surface area contributed by atoms with Crippen LogP contribution in [0.4, 0.5) is 5.69 Å². The number of hydrogen-bond donors (Lipinski definition) is 0. The zero-order chi connectivity index (χ0) is 25.5. The molecule has 1 fully saturated rings. The second-order valence-corrected chi connectivity index (χ2v) is 10.5. The number of anilines is 1. The van der Waals surface area contributed by atoms with Gasteiger partial charge < -0.3 is 14.2 Å². The summed E-state index contributed by atoms with van der Waals surface area (Å²) in [5.74, 6) is 1.90. The summed E-state index contributed by atoms with van der Waals surface area (Å²) in [5.41, 5.74) is 2.67. The van der Waals surface area contributed by atoms with E-state index >= 15 is 0 Å². The predicted molar refractivity (Wildman–Crippen MR) is 159 cm³/mol. The summed E-state index contributed by atoms with van der Waals surface area (Å²) in [5, 5.41) is 0. The monoisotopic (exact) mass is 629 g/mol. The van der Waals surface area contributed by atoms with Crippen molar-refractivity contribution in [2.75, 3.05) is 25.2 Å². The van der Waals surface area contributed by atoms with Gasteiger partial charge >= 0.3 is 0 Å². The zero-order valence-corrected chi connectivity index (χ0v) is 23.4. The van der Waals surface area contributed by atoms with Gasteiger partial charge in [-0.1, -0.05) is 66.5 Å². The van der Waals surface area contributed by atoms with Crippen LogP contribution in [-0.2, 0) is 11.2 Å². The van der Waals surface area contributed by atoms with Gasteiger partial charge in [0.15, 0.2) is 15.8 Å². The smallest absolute Gasteiger partial charge is 0.270 e. The van der Waals surface area contributed by atoms with Gasteiger partial charge in [0.25, 0.3) is 5.91 Å². The number of hydrogen-bond acceptors (Lipinski definition) is 6. The molecule has 0 unspecified atom stereocenters. The molecule has 3 aromatic carbocycles. The summed E-state index contributed by atoms with van der Waals surface area (Å²) >= 11 is 8.97. The maximum Gasteiger partial charge on any atom is 0.270 e. The van der Waals surface area contributed by atoms with Crippen LogP contribution in [0.2, 0.25) is 0 Å². The van der Waals surface area contributed by atoms with Gasteiger partial charge in [0, 0.05) is 0 Å². The fraction of sp³-hybridized carbons (Fsp3) is 0.143. The predicted octanol–water partition coefficient (Wildman–Crippen LogP) is 6.89. The summed E-state index contributed by atoms with van der Waals surface area (Å²) in [6.07, 6.45) is 4.43. The molecule has 0 saturated carbocycles. The number of amides is 1. The highest BCUT2D eigenvalue weighted by Gasteiger charge is 2.33. The molecule has 36 heavy (non-hydrogen) atoms. The number of rotatable bonds is 10. The molecule has 184 valence electrons. The van der Waals surface area contributed by atoms with Gasteiger partial charge in [0.05, 0.1) is 21.3 Å². The first-order chi connectivity index (χ1) is 17.5. The number of para-hydroxylation sites is 2. The Labute approximate surface area is 234 Å². The van der Waals surface area contributed by atoms with Gasteiger partial charge in [0.2, 0.25) is 0 Å². The molecule has 0 aromatic heterocycles. The molecular weight excluding hydrogens is 605 g/mol. The van der Waals surface area contributed by atoms with Crippen molar-refractivity contribution in [1.82, 2.24) is 0 Å². The molecule has 0 spiro atoms. The van der Waals surface area contributed by atoms with Crippen LogP contribution in [0.15, 0.2) is 84.3 Å². The minimum Gasteiger partial charge on any atom is -0.493 e. The third-order valence-electron chi connectivity index (χ3n) is 5.28. The van der Waals surface area contributed by atoms with E-state index in [1.165, 1.54) is 11.8 Å². The van der Waals surface area contributed by atoms with Crippen LogP contribution in [0, 0.1) is 3.57 Å². The second kappa shape index (κ2) is 12.4. The first-order valence-corrected chi connectivity index (χ1v) is 13.5. The Bertz CT molecular complexity index is 1310. The standard InChI is InChI=1S/C28H24INO4S2/c1-3-9-20-10-7-8-13-23(20)33-14-15-34-26-22(29)16-19(17-24(26)32-2)18-25-27(31)30(28(35)36-25)21-11-5-4-6-12-21/h3-8,10-13,16-18H,1,9,14-15H2,2H3/b25-18-. The molecule has 0 radical (unpaired) electrons. The molecule has 1 aliphatic rings. The SMILES string of the molecule is C=CCc1ccccc1OCCOc1c(I)cc(/C=C2\SC(=S)N(c3ccccc3)C2=O)cc1OC. The molecule has 0 aliphatic carbocycles. The third-order valence-corrected chi connectivity index (χ3v) is 7.39. The molecule has 1 heterocycles. The lowest BCUT2D eigenvalue weighted by Crippen LogP contribution is -2.27. The number of thiocarbonyl (C=S) groups is 1. The van der Waals surface area contributed by atoms with Crippen LogP contribution in [0.3, 0.4) is 0 Å². The van der Waals surface area contributed by atoms with Crippen LogP contribution in [0.5, 0.6) is 17.2 Å². The minimum absolute atomic E-state index is 0.139. The Balaban J connectivity index is 1.45. The van der Waals surface area contributed by atoms with E-state index in [9.17, 15) is 4.79 Å². The Morgan fingerprint density at radius 3 is 2.50 bits per heavy atom. The highest BCUT2D eigenvalue weighted by atomic mass is 127. The molecule has 1 aliphatic heterocycles. The van der Waals surface area contributed by atoms with E-state index in [-0.39, 0.29) is 5.91 Å². The van der Waals surface area contributed by atoms with Crippen LogP contribution in [0.25, 0.3) is 6.08 Å². The molecule has 0 bridgehead atoms. The number of methoxy groups -OCH3 is 1. The fourth-order valence-corrected chi connectivity index (χ4v) is 5.73. The molecular formula is C28H24INO4S2. The Hall–Kier alpha value is -2.82. The first-order valence-electron chi connectivity index (χ1n) is 11.2. The summed E-state index contributed by atoms with van der Waals surface area (Å²) < 4.78 is 18.9. The lowest BCUT2D eigenvalue weighted by Gasteiger charge is -2.15. The average Bonchev–Trinajstić information content (AvgIpc) is 3.16. The number of benzene rings is 3. The topological polar surface area (TPSA) is 48.0 Å². The van der Waals surface area contributed by atoms with Crippen molar-refractivity contribution < 1.29 is 19.0 Å². The Morgan fingerprint density at radius 2 is 1.75 bits per heavy atom. The number of nitrogens with zero attached hydrogens (tertiary/aromatic N) is 1. The van der Waals surface area contributed by atoms with Gasteiger partial charge in [-0.2, -0.15) is 0 Å². The van der Waals surface area contributed by atoms with Crippen LogP contribution in [-0.4, -0.2) is 30.6 Å². The molecule has 0 N–H and O–H groups in total. The quantitative estimate of drug-likeness (QED) is 0.0801. The van der Waals surface area contributed by atoms with Gasteiger partial charge in [-0.05, 0) is 76.5 Å². The van der Waals surface area contributed by atoms with E-state index in [1.54, 1.807) is 12.0 Å². The Morgan fingerprint density at radius 1 is 1.03 bits per heavy atom. The summed E-state index contributed by atoms with van der Waals surface area (Å²) in [6.45, 7) is 4.54. The molecule has 8 heteroatoms. The van der Waals surface area contributed by atoms with Gasteiger partial charge in [-0.3, -0.25) is 9.69 Å². The number of halogens is 1. The number of thioether (sulfide) groups is 1. The lowest BCUT2D eigenvalue weighted by molar-refractivity contribution is -0.113. The number of carbonyl (C=O) groups is 1. The van der Waals surface area contributed by atoms with Gasteiger partial charge in [0.1, 0.15) is 19.0 Å². The van der Waals surface area contributed by atoms with Crippen LogP contribution >= 0.6 is 46.6 Å². The molecule has 3 aromatic rings. The minimum atomic E-state index is -0.139. The summed E-state index contributed by atoms with van der Waals surface area (Å²) in [6, 6.07) is 21.1. The molecule has 1 saturated heterocycles. The third kappa shape index (κ3) is 6.11. The van der Waals surface area contributed by atoms with Gasteiger partial charge in [-0.15, -0.1) is 6.58 Å². The molecule has 0 atom stereocenters. The zero-order valence-electron chi connectivity index (χ0n) is 19.6. The maximum absolute atomic E-state index is 13.1. The van der Waals surface area contributed by atoms with E-state index in [4.69, 9.17) is 26.4 Å². The van der Waals surface area contributed by atoms with E-state index in [0.29, 0.717) is 33.9 Å². The highest BCUT2D eigenvalue weighted by molar-refractivity contribution is 14.1. The number of carbonyl (C=O) groups excluding carboxylic acids is 1. The van der Waals surface area contributed by atoms with Crippen molar-refractivity contribution in [3.05, 3.63) is 99.0 Å². The normalized spacial score (nSPS) is 14.3. The van der Waals surface area contributed by atoms with Crippen molar-refractivity contribution in [2.24, 2.45) is 0 Å². The first kappa shape index (κ1) is 26.2. The van der Waals surface area contributed by atoms with Crippen LogP contribution < -0.4 is 19.1 Å². The fourth-order valence-electron chi connectivity index (χ4n) is 3.65. The van der Waals surface area contributed by atoms with Gasteiger partial charge in [-0.25, -0.2) is 0 Å². The number of allylic oxidation sites excluding steroid dienone is 1. The van der Waals surface area contributed by atoms with Crippen molar-refractivity contribution in [3.8, 4) is 17.2 Å². The number of ether oxygens (including phenoxy) is 3. The van der Waals surface area contributed by atoms with E-state index < -0.39 is 0 Å². The van der Waals surface area contributed by atoms with Crippen molar-refractivity contribution in [3.63, 3.8) is 0 Å². The largest absolute Gasteiger partial charge is 0.493 e. The molecule has 1 amide bonds. The summed E-state index contributed by atoms with van der Waals surface area (Å²) in [4.78, 5) is 15.2. The Kier molecular flexibility index (Phi) is 9.06. The molecule has 4 rings (SSSR count). The lowest BCUT2D eigenvalue weighted by atomic mass is 10.1. The van der Waals surface area contributed by atoms with E-state index in [0.717, 1.165) is 32.6 Å². The van der Waals surface area contributed by atoms with Crippen LogP contribution in [0.1, 0.15) is 11.1 Å². The van der Waals surface area contributed by atoms with Crippen molar-refractivity contribution in [2.45, 2.75) is 6.42 Å².